The highest BCUT2D eigenvalue weighted by Crippen LogP contribution is 2.51. The van der Waals surface area contributed by atoms with Crippen molar-refractivity contribution in [2.75, 3.05) is 6.54 Å². The van der Waals surface area contributed by atoms with Crippen LogP contribution in [-0.4, -0.2) is 12.5 Å². The fourth-order valence-electron chi connectivity index (χ4n) is 1.41. The zero-order valence-corrected chi connectivity index (χ0v) is 9.35. The minimum absolute atomic E-state index is 0.164. The summed E-state index contributed by atoms with van der Waals surface area (Å²) in [6.45, 7) is 8.37. The maximum Gasteiger partial charge on any atom is 0.239 e. The molecule has 1 aliphatic carbocycles. The molecular weight excluding hydrogens is 176 g/mol. The van der Waals surface area contributed by atoms with E-state index in [4.69, 9.17) is 5.26 Å². The molecule has 1 saturated carbocycles. The van der Waals surface area contributed by atoms with Crippen LogP contribution in [0.3, 0.4) is 0 Å². The average molecular weight is 194 g/mol. The molecule has 0 aromatic heterocycles. The van der Waals surface area contributed by atoms with Crippen molar-refractivity contribution in [2.45, 2.75) is 34.1 Å². The molecule has 0 radical (unpaired) electrons. The molecule has 0 aromatic rings. The van der Waals surface area contributed by atoms with Crippen molar-refractivity contribution in [3.8, 4) is 6.07 Å². The van der Waals surface area contributed by atoms with Crippen LogP contribution >= 0.6 is 0 Å². The van der Waals surface area contributed by atoms with Crippen molar-refractivity contribution in [3.05, 3.63) is 0 Å². The third kappa shape index (κ3) is 2.25. The van der Waals surface area contributed by atoms with Gasteiger partial charge in [0.15, 0.2) is 0 Å². The van der Waals surface area contributed by atoms with Gasteiger partial charge in [-0.05, 0) is 31.6 Å². The van der Waals surface area contributed by atoms with Gasteiger partial charge in [-0.25, -0.2) is 0 Å². The number of carbonyl (C=O) groups excluding carboxylic acids is 1. The zero-order valence-electron chi connectivity index (χ0n) is 9.35. The summed E-state index contributed by atoms with van der Waals surface area (Å²) in [4.78, 5) is 11.5. The van der Waals surface area contributed by atoms with Crippen LogP contribution in [0.25, 0.3) is 0 Å². The van der Waals surface area contributed by atoms with Gasteiger partial charge < -0.3 is 5.32 Å². The number of nitrogens with zero attached hydrogens (tertiary/aromatic N) is 1. The van der Waals surface area contributed by atoms with E-state index in [1.165, 1.54) is 6.42 Å². The standard InChI is InChI=1S/C11H18N2O/c1-10(2)5-8(10)6-13-9(14)11(3,4)7-12/h8H,5-6H2,1-4H3,(H,13,14). The fourth-order valence-corrected chi connectivity index (χ4v) is 1.41. The van der Waals surface area contributed by atoms with Gasteiger partial charge in [-0.1, -0.05) is 13.8 Å². The molecule has 0 spiro atoms. The smallest absolute Gasteiger partial charge is 0.239 e. The summed E-state index contributed by atoms with van der Waals surface area (Å²) in [7, 11) is 0. The van der Waals surface area contributed by atoms with Crippen molar-refractivity contribution in [3.63, 3.8) is 0 Å². The van der Waals surface area contributed by atoms with E-state index in [2.05, 4.69) is 19.2 Å². The molecule has 0 bridgehead atoms. The predicted molar refractivity (Wildman–Crippen MR) is 54.3 cm³/mol. The second-order valence-electron chi connectivity index (χ2n) is 5.34. The largest absolute Gasteiger partial charge is 0.354 e. The SMILES string of the molecule is CC(C)(C#N)C(=O)NCC1CC1(C)C. The normalized spacial score (nSPS) is 23.8. The van der Waals surface area contributed by atoms with E-state index in [0.29, 0.717) is 17.9 Å². The van der Waals surface area contributed by atoms with E-state index in [-0.39, 0.29) is 5.91 Å². The number of nitrogens with one attached hydrogen (secondary N) is 1. The summed E-state index contributed by atoms with van der Waals surface area (Å²) in [5, 5.41) is 11.6. The predicted octanol–water partition coefficient (Wildman–Crippen LogP) is 1.70. The molecular formula is C11H18N2O. The highest BCUT2D eigenvalue weighted by atomic mass is 16.2. The first-order chi connectivity index (χ1) is 6.29. The quantitative estimate of drug-likeness (QED) is 0.743. The number of amides is 1. The lowest BCUT2D eigenvalue weighted by Crippen LogP contribution is -2.37. The van der Waals surface area contributed by atoms with E-state index in [0.717, 1.165) is 0 Å². The summed E-state index contributed by atoms with van der Waals surface area (Å²) in [6, 6.07) is 1.99. The van der Waals surface area contributed by atoms with E-state index < -0.39 is 5.41 Å². The molecule has 0 aromatic carbocycles. The molecule has 1 atom stereocenters. The number of nitriles is 1. The van der Waals surface area contributed by atoms with Crippen molar-refractivity contribution in [2.24, 2.45) is 16.7 Å². The lowest BCUT2D eigenvalue weighted by Gasteiger charge is -2.15. The third-order valence-electron chi connectivity index (χ3n) is 3.07. The van der Waals surface area contributed by atoms with Crippen molar-refractivity contribution in [1.82, 2.24) is 5.32 Å². The molecule has 3 heteroatoms. The van der Waals surface area contributed by atoms with Crippen LogP contribution in [0.4, 0.5) is 0 Å². The van der Waals surface area contributed by atoms with Crippen LogP contribution in [0, 0.1) is 28.1 Å². The molecule has 0 aliphatic heterocycles. The number of rotatable bonds is 3. The first kappa shape index (κ1) is 11.0. The van der Waals surface area contributed by atoms with Crippen molar-refractivity contribution in [1.29, 1.82) is 5.26 Å². The summed E-state index contributed by atoms with van der Waals surface area (Å²) >= 11 is 0. The maximum atomic E-state index is 11.5. The Bertz CT molecular complexity index is 286. The summed E-state index contributed by atoms with van der Waals surface area (Å²) in [6.07, 6.45) is 1.17. The van der Waals surface area contributed by atoms with Crippen LogP contribution in [0.2, 0.25) is 0 Å². The van der Waals surface area contributed by atoms with E-state index >= 15 is 0 Å². The van der Waals surface area contributed by atoms with Crippen molar-refractivity contribution >= 4 is 5.91 Å². The molecule has 0 saturated heterocycles. The first-order valence-electron chi connectivity index (χ1n) is 4.99. The average Bonchev–Trinajstić information content (AvgIpc) is 2.70. The van der Waals surface area contributed by atoms with Crippen LogP contribution in [0.5, 0.6) is 0 Å². The van der Waals surface area contributed by atoms with Gasteiger partial charge in [-0.2, -0.15) is 5.26 Å². The molecule has 1 amide bonds. The van der Waals surface area contributed by atoms with Gasteiger partial charge in [0, 0.05) is 6.54 Å². The van der Waals surface area contributed by atoms with Gasteiger partial charge in [-0.15, -0.1) is 0 Å². The zero-order chi connectivity index (χ0) is 11.0. The number of carbonyl (C=O) groups is 1. The Morgan fingerprint density at radius 2 is 2.14 bits per heavy atom. The Balaban J connectivity index is 2.34. The number of hydrogen-bond acceptors (Lipinski definition) is 2. The lowest BCUT2D eigenvalue weighted by atomic mass is 9.94. The molecule has 1 N–H and O–H groups in total. The minimum atomic E-state index is -0.904. The Kier molecular flexibility index (Phi) is 2.58. The van der Waals surface area contributed by atoms with Gasteiger partial charge in [0.25, 0.3) is 0 Å². The van der Waals surface area contributed by atoms with Gasteiger partial charge in [-0.3, -0.25) is 4.79 Å². The van der Waals surface area contributed by atoms with Crippen LogP contribution < -0.4 is 5.32 Å². The summed E-state index contributed by atoms with van der Waals surface area (Å²) in [5.41, 5.74) is -0.525. The van der Waals surface area contributed by atoms with Gasteiger partial charge in [0.1, 0.15) is 5.41 Å². The Labute approximate surface area is 85.5 Å². The Hall–Kier alpha value is -1.04. The monoisotopic (exact) mass is 194 g/mol. The minimum Gasteiger partial charge on any atom is -0.354 e. The van der Waals surface area contributed by atoms with Crippen molar-refractivity contribution < 1.29 is 4.79 Å². The second-order valence-corrected chi connectivity index (χ2v) is 5.34. The molecule has 0 heterocycles. The molecule has 14 heavy (non-hydrogen) atoms. The maximum absolute atomic E-state index is 11.5. The molecule has 1 fully saturated rings. The third-order valence-corrected chi connectivity index (χ3v) is 3.07. The van der Waals surface area contributed by atoms with Crippen LogP contribution in [0.15, 0.2) is 0 Å². The van der Waals surface area contributed by atoms with Gasteiger partial charge >= 0.3 is 0 Å². The lowest BCUT2D eigenvalue weighted by molar-refractivity contribution is -0.126. The Morgan fingerprint density at radius 1 is 1.64 bits per heavy atom. The molecule has 78 valence electrons. The molecule has 3 nitrogen and oxygen atoms in total. The van der Waals surface area contributed by atoms with E-state index in [1.807, 2.05) is 6.07 Å². The van der Waals surface area contributed by atoms with Gasteiger partial charge in [0.05, 0.1) is 6.07 Å². The number of hydrogen-bond donors (Lipinski definition) is 1. The van der Waals surface area contributed by atoms with E-state index in [1.54, 1.807) is 13.8 Å². The summed E-state index contributed by atoms with van der Waals surface area (Å²) in [5.74, 6) is 0.420. The first-order valence-corrected chi connectivity index (χ1v) is 4.99. The Morgan fingerprint density at radius 3 is 2.50 bits per heavy atom. The topological polar surface area (TPSA) is 52.9 Å². The van der Waals surface area contributed by atoms with Gasteiger partial charge in [0.2, 0.25) is 5.91 Å². The second kappa shape index (κ2) is 3.27. The molecule has 1 unspecified atom stereocenters. The van der Waals surface area contributed by atoms with Crippen LogP contribution in [0.1, 0.15) is 34.1 Å². The molecule has 1 aliphatic rings. The van der Waals surface area contributed by atoms with E-state index in [9.17, 15) is 4.79 Å². The van der Waals surface area contributed by atoms with Crippen LogP contribution in [-0.2, 0) is 4.79 Å². The summed E-state index contributed by atoms with van der Waals surface area (Å²) < 4.78 is 0. The molecule has 1 rings (SSSR count). The highest BCUT2D eigenvalue weighted by Gasteiger charge is 2.45. The highest BCUT2D eigenvalue weighted by molar-refractivity contribution is 5.84. The fraction of sp³-hybridized carbons (Fsp3) is 0.818.